The number of hydrogen-bond acceptors (Lipinski definition) is 3. The van der Waals surface area contributed by atoms with E-state index in [1.165, 1.54) is 31.3 Å². The van der Waals surface area contributed by atoms with Gasteiger partial charge in [0.05, 0.1) is 5.92 Å². The molecule has 1 aromatic rings. The number of piperidine rings is 1. The fourth-order valence-corrected chi connectivity index (χ4v) is 3.67. The summed E-state index contributed by atoms with van der Waals surface area (Å²) >= 11 is 0. The lowest BCUT2D eigenvalue weighted by molar-refractivity contribution is -0.126. The van der Waals surface area contributed by atoms with Crippen LogP contribution in [0.2, 0.25) is 0 Å². The van der Waals surface area contributed by atoms with Gasteiger partial charge in [-0.25, -0.2) is 0 Å². The molecule has 1 aromatic heterocycles. The van der Waals surface area contributed by atoms with Crippen molar-refractivity contribution in [2.75, 3.05) is 19.6 Å². The molecule has 2 heterocycles. The summed E-state index contributed by atoms with van der Waals surface area (Å²) in [5.74, 6) is -0.0178. The first-order valence-corrected chi connectivity index (χ1v) is 9.39. The third kappa shape index (κ3) is 4.91. The molecule has 0 bridgehead atoms. The molecule has 5 heteroatoms. The van der Waals surface area contributed by atoms with Crippen LogP contribution >= 0.6 is 0 Å². The zero-order valence-electron chi connectivity index (χ0n) is 14.7. The predicted octanol–water partition coefficient (Wildman–Crippen LogP) is 2.94. The van der Waals surface area contributed by atoms with Crippen LogP contribution < -0.4 is 5.32 Å². The lowest BCUT2D eigenvalue weighted by Crippen LogP contribution is -2.45. The predicted molar refractivity (Wildman–Crippen MR) is 97.0 cm³/mol. The Hall–Kier alpha value is -2.17. The van der Waals surface area contributed by atoms with Gasteiger partial charge < -0.3 is 10.2 Å². The molecule has 0 spiro atoms. The van der Waals surface area contributed by atoms with Crippen molar-refractivity contribution in [1.29, 1.82) is 0 Å². The highest BCUT2D eigenvalue weighted by Crippen LogP contribution is 2.21. The summed E-state index contributed by atoms with van der Waals surface area (Å²) < 4.78 is 0. The molecule has 25 heavy (non-hydrogen) atoms. The number of carbonyl (C=O) groups excluding carboxylic acids is 2. The molecule has 0 aromatic carbocycles. The lowest BCUT2D eigenvalue weighted by atomic mass is 9.95. The first kappa shape index (κ1) is 17.6. The Kier molecular flexibility index (Phi) is 6.20. The molecular weight excluding hydrogens is 314 g/mol. The van der Waals surface area contributed by atoms with E-state index in [9.17, 15) is 9.59 Å². The molecule has 2 amide bonds. The first-order valence-electron chi connectivity index (χ1n) is 9.39. The van der Waals surface area contributed by atoms with Crippen LogP contribution in [0, 0.1) is 5.92 Å². The van der Waals surface area contributed by atoms with Gasteiger partial charge in [-0.1, -0.05) is 11.6 Å². The van der Waals surface area contributed by atoms with Gasteiger partial charge in [0.2, 0.25) is 5.91 Å². The van der Waals surface area contributed by atoms with Crippen LogP contribution in [0.15, 0.2) is 36.2 Å². The van der Waals surface area contributed by atoms with Crippen molar-refractivity contribution >= 4 is 11.8 Å². The van der Waals surface area contributed by atoms with Crippen LogP contribution in [0.3, 0.4) is 0 Å². The van der Waals surface area contributed by atoms with Crippen LogP contribution in [-0.4, -0.2) is 41.3 Å². The minimum Gasteiger partial charge on any atom is -0.355 e. The Bertz CT molecular complexity index is 627. The van der Waals surface area contributed by atoms with Crippen LogP contribution in [0.1, 0.15) is 55.3 Å². The standard InChI is InChI=1S/C20H27N3O2/c24-19(22-13-8-16-5-2-1-3-6-16)18-7-4-14-23(15-18)20(25)17-9-11-21-12-10-17/h5,9-12,18H,1-4,6-8,13-15H2,(H,22,24)/t18-/m1/s1. The van der Waals surface area contributed by atoms with Crippen LogP contribution in [0.25, 0.3) is 0 Å². The van der Waals surface area contributed by atoms with E-state index < -0.39 is 0 Å². The maximum Gasteiger partial charge on any atom is 0.253 e. The van der Waals surface area contributed by atoms with Gasteiger partial charge in [-0.15, -0.1) is 0 Å². The molecular formula is C20H27N3O2. The number of pyridine rings is 1. The number of hydrogen-bond donors (Lipinski definition) is 1. The van der Waals surface area contributed by atoms with Gasteiger partial charge in [-0.2, -0.15) is 0 Å². The Balaban J connectivity index is 1.48. The molecule has 3 rings (SSSR count). The summed E-state index contributed by atoms with van der Waals surface area (Å²) in [5, 5.41) is 3.07. The number of allylic oxidation sites excluding steroid dienone is 1. The zero-order valence-corrected chi connectivity index (χ0v) is 14.7. The summed E-state index contributed by atoms with van der Waals surface area (Å²) in [7, 11) is 0. The normalized spacial score (nSPS) is 20.7. The number of amides is 2. The number of carbonyl (C=O) groups is 2. The van der Waals surface area contributed by atoms with E-state index in [2.05, 4.69) is 16.4 Å². The first-order chi connectivity index (χ1) is 12.2. The fraction of sp³-hybridized carbons (Fsp3) is 0.550. The minimum absolute atomic E-state index is 0.00717. The summed E-state index contributed by atoms with van der Waals surface area (Å²) in [6.07, 6.45) is 13.2. The number of likely N-dealkylation sites (tertiary alicyclic amines) is 1. The number of aromatic nitrogens is 1. The lowest BCUT2D eigenvalue weighted by Gasteiger charge is -2.32. The molecule has 0 saturated carbocycles. The van der Waals surface area contributed by atoms with Crippen molar-refractivity contribution in [1.82, 2.24) is 15.2 Å². The highest BCUT2D eigenvalue weighted by Gasteiger charge is 2.28. The van der Waals surface area contributed by atoms with E-state index in [1.54, 1.807) is 29.4 Å². The monoisotopic (exact) mass is 341 g/mol. The summed E-state index contributed by atoms with van der Waals surface area (Å²) in [6, 6.07) is 3.45. The summed E-state index contributed by atoms with van der Waals surface area (Å²) in [4.78, 5) is 30.8. The molecule has 5 nitrogen and oxygen atoms in total. The Morgan fingerprint density at radius 3 is 2.80 bits per heavy atom. The second kappa shape index (κ2) is 8.79. The molecule has 1 saturated heterocycles. The van der Waals surface area contributed by atoms with Crippen LogP contribution in [0.5, 0.6) is 0 Å². The Morgan fingerprint density at radius 2 is 2.04 bits per heavy atom. The van der Waals surface area contributed by atoms with Gasteiger partial charge in [-0.05, 0) is 57.1 Å². The van der Waals surface area contributed by atoms with Crippen molar-refractivity contribution in [3.63, 3.8) is 0 Å². The second-order valence-electron chi connectivity index (χ2n) is 6.98. The minimum atomic E-state index is -0.0973. The fourth-order valence-electron chi connectivity index (χ4n) is 3.67. The van der Waals surface area contributed by atoms with Gasteiger partial charge in [0.25, 0.3) is 5.91 Å². The average molecular weight is 341 g/mol. The molecule has 1 atom stereocenters. The van der Waals surface area contributed by atoms with Crippen molar-refractivity contribution < 1.29 is 9.59 Å². The van der Waals surface area contributed by atoms with Gasteiger partial charge >= 0.3 is 0 Å². The van der Waals surface area contributed by atoms with Crippen molar-refractivity contribution in [3.05, 3.63) is 41.7 Å². The van der Waals surface area contributed by atoms with E-state index >= 15 is 0 Å². The van der Waals surface area contributed by atoms with Crippen molar-refractivity contribution in [2.24, 2.45) is 5.92 Å². The molecule has 0 unspecified atom stereocenters. The van der Waals surface area contributed by atoms with E-state index in [0.717, 1.165) is 25.8 Å². The van der Waals surface area contributed by atoms with Gasteiger partial charge in [-0.3, -0.25) is 14.6 Å². The molecule has 1 aliphatic carbocycles. The molecule has 0 radical (unpaired) electrons. The Labute approximate surface area is 149 Å². The summed E-state index contributed by atoms with van der Waals surface area (Å²) in [5.41, 5.74) is 2.12. The Morgan fingerprint density at radius 1 is 1.20 bits per heavy atom. The highest BCUT2D eigenvalue weighted by atomic mass is 16.2. The second-order valence-corrected chi connectivity index (χ2v) is 6.98. The van der Waals surface area contributed by atoms with Gasteiger partial charge in [0.15, 0.2) is 0 Å². The van der Waals surface area contributed by atoms with E-state index in [-0.39, 0.29) is 17.7 Å². The molecule has 134 valence electrons. The SMILES string of the molecule is O=C(NCCC1=CCCCC1)[C@@H]1CCCN(C(=O)c2ccncc2)C1. The number of nitrogens with zero attached hydrogens (tertiary/aromatic N) is 2. The molecule has 1 aliphatic heterocycles. The van der Waals surface area contributed by atoms with Gasteiger partial charge in [0, 0.05) is 37.6 Å². The zero-order chi connectivity index (χ0) is 17.5. The maximum absolute atomic E-state index is 12.5. The number of nitrogens with one attached hydrogen (secondary N) is 1. The summed E-state index contributed by atoms with van der Waals surface area (Å²) in [6.45, 7) is 1.94. The van der Waals surface area contributed by atoms with E-state index in [0.29, 0.717) is 18.7 Å². The third-order valence-corrected chi connectivity index (χ3v) is 5.14. The smallest absolute Gasteiger partial charge is 0.253 e. The van der Waals surface area contributed by atoms with Crippen molar-refractivity contribution in [3.8, 4) is 0 Å². The van der Waals surface area contributed by atoms with Crippen LogP contribution in [0.4, 0.5) is 0 Å². The van der Waals surface area contributed by atoms with Crippen molar-refractivity contribution in [2.45, 2.75) is 44.9 Å². The van der Waals surface area contributed by atoms with E-state index in [1.807, 2.05) is 0 Å². The van der Waals surface area contributed by atoms with Gasteiger partial charge in [0.1, 0.15) is 0 Å². The average Bonchev–Trinajstić information content (AvgIpc) is 2.69. The maximum atomic E-state index is 12.5. The van der Waals surface area contributed by atoms with Crippen LogP contribution in [-0.2, 0) is 4.79 Å². The number of rotatable bonds is 5. The third-order valence-electron chi connectivity index (χ3n) is 5.14. The van der Waals surface area contributed by atoms with E-state index in [4.69, 9.17) is 0 Å². The topological polar surface area (TPSA) is 62.3 Å². The molecule has 1 fully saturated rings. The quantitative estimate of drug-likeness (QED) is 0.838. The largest absolute Gasteiger partial charge is 0.355 e. The molecule has 2 aliphatic rings. The molecule has 1 N–H and O–H groups in total. The highest BCUT2D eigenvalue weighted by molar-refractivity contribution is 5.94.